The topological polar surface area (TPSA) is 81.6 Å². The van der Waals surface area contributed by atoms with Crippen molar-refractivity contribution in [2.45, 2.75) is 13.0 Å². The summed E-state index contributed by atoms with van der Waals surface area (Å²) < 4.78 is 7.96. The van der Waals surface area contributed by atoms with Gasteiger partial charge in [0.1, 0.15) is 5.82 Å². The molecule has 1 aliphatic heterocycles. The van der Waals surface area contributed by atoms with Gasteiger partial charge in [0.2, 0.25) is 0 Å². The summed E-state index contributed by atoms with van der Waals surface area (Å²) in [4.78, 5) is 11.9. The first-order valence-corrected chi connectivity index (χ1v) is 10.4. The number of halogens is 1. The number of pyridine rings is 1. The Balaban J connectivity index is 1.64. The van der Waals surface area contributed by atoms with Crippen LogP contribution in [0, 0.1) is 0 Å². The molecule has 1 fully saturated rings. The Morgan fingerprint density at radius 2 is 1.97 bits per heavy atom. The van der Waals surface area contributed by atoms with Crippen molar-refractivity contribution in [1.82, 2.24) is 24.5 Å². The summed E-state index contributed by atoms with van der Waals surface area (Å²) in [6.45, 7) is 5.38. The van der Waals surface area contributed by atoms with E-state index in [9.17, 15) is 0 Å². The molecule has 29 heavy (non-hydrogen) atoms. The van der Waals surface area contributed by atoms with Crippen LogP contribution in [-0.2, 0) is 4.74 Å². The number of ether oxygens (including phenoxy) is 1. The molecule has 2 N–H and O–H groups in total. The van der Waals surface area contributed by atoms with Crippen molar-refractivity contribution in [3.63, 3.8) is 0 Å². The van der Waals surface area contributed by atoms with Crippen molar-refractivity contribution in [1.29, 1.82) is 0 Å². The molecule has 1 aliphatic rings. The van der Waals surface area contributed by atoms with Gasteiger partial charge in [0.05, 0.1) is 41.1 Å². The van der Waals surface area contributed by atoms with Gasteiger partial charge < -0.3 is 10.5 Å². The lowest BCUT2D eigenvalue weighted by Crippen LogP contribution is -2.38. The van der Waals surface area contributed by atoms with Crippen molar-refractivity contribution < 1.29 is 4.74 Å². The lowest BCUT2D eigenvalue weighted by molar-refractivity contribution is 0.0189. The number of nitrogens with zero attached hydrogens (tertiary/aromatic N) is 5. The van der Waals surface area contributed by atoms with Crippen LogP contribution in [0.1, 0.15) is 18.7 Å². The van der Waals surface area contributed by atoms with Crippen LogP contribution in [0.2, 0.25) is 0 Å². The molecule has 0 aliphatic carbocycles. The van der Waals surface area contributed by atoms with E-state index in [-0.39, 0.29) is 6.04 Å². The van der Waals surface area contributed by atoms with E-state index in [0.717, 1.165) is 64.1 Å². The third-order valence-corrected chi connectivity index (χ3v) is 6.35. The van der Waals surface area contributed by atoms with Gasteiger partial charge in [0, 0.05) is 35.8 Å². The lowest BCUT2D eigenvalue weighted by atomic mass is 10.1. The molecule has 1 unspecified atom stereocenters. The van der Waals surface area contributed by atoms with E-state index in [4.69, 9.17) is 15.5 Å². The molecule has 1 atom stereocenters. The average molecular weight is 453 g/mol. The number of hydrogen-bond donors (Lipinski definition) is 1. The Bertz CT molecular complexity index is 1200. The van der Waals surface area contributed by atoms with E-state index in [0.29, 0.717) is 5.82 Å². The van der Waals surface area contributed by atoms with Crippen molar-refractivity contribution in [2.24, 2.45) is 0 Å². The number of nitrogens with two attached hydrogens (primary N) is 1. The molecule has 8 heteroatoms. The van der Waals surface area contributed by atoms with Gasteiger partial charge in [-0.3, -0.25) is 9.88 Å². The second kappa shape index (κ2) is 7.37. The summed E-state index contributed by atoms with van der Waals surface area (Å²) >= 11 is 3.65. The lowest BCUT2D eigenvalue weighted by Gasteiger charge is -2.32. The molecule has 0 spiro atoms. The summed E-state index contributed by atoms with van der Waals surface area (Å²) in [5.74, 6) is 0.546. The molecule has 0 amide bonds. The maximum Gasteiger partial charge on any atom is 0.165 e. The van der Waals surface area contributed by atoms with E-state index in [2.05, 4.69) is 50.0 Å². The average Bonchev–Trinajstić information content (AvgIpc) is 3.20. The van der Waals surface area contributed by atoms with Crippen molar-refractivity contribution >= 4 is 38.3 Å². The number of anilines is 1. The quantitative estimate of drug-likeness (QED) is 0.510. The molecule has 0 radical (unpaired) electrons. The van der Waals surface area contributed by atoms with Crippen molar-refractivity contribution in [3.05, 3.63) is 52.9 Å². The van der Waals surface area contributed by atoms with E-state index in [1.165, 1.54) is 0 Å². The Kier molecular flexibility index (Phi) is 4.69. The Labute approximate surface area is 176 Å². The Morgan fingerprint density at radius 1 is 1.17 bits per heavy atom. The highest BCUT2D eigenvalue weighted by molar-refractivity contribution is 9.10. The zero-order valence-corrected chi connectivity index (χ0v) is 17.6. The molecule has 3 aromatic heterocycles. The number of para-hydroxylation sites is 1. The molecule has 1 saturated heterocycles. The molecular weight excluding hydrogens is 432 g/mol. The predicted molar refractivity (Wildman–Crippen MR) is 117 cm³/mol. The molecular formula is C21H21BrN6O. The van der Waals surface area contributed by atoms with E-state index >= 15 is 0 Å². The number of aromatic nitrogens is 4. The summed E-state index contributed by atoms with van der Waals surface area (Å²) in [7, 11) is 0. The molecule has 148 valence electrons. The number of fused-ring (bicyclic) bond motifs is 2. The first-order chi connectivity index (χ1) is 14.1. The zero-order chi connectivity index (χ0) is 20.0. The number of morpholine rings is 1. The summed E-state index contributed by atoms with van der Waals surface area (Å²) in [6, 6.07) is 10.3. The highest BCUT2D eigenvalue weighted by atomic mass is 79.9. The minimum atomic E-state index is 0.109. The summed E-state index contributed by atoms with van der Waals surface area (Å²) in [5.41, 5.74) is 10.9. The van der Waals surface area contributed by atoms with E-state index in [1.54, 1.807) is 10.7 Å². The zero-order valence-electron chi connectivity index (χ0n) is 16.0. The van der Waals surface area contributed by atoms with Crippen LogP contribution < -0.4 is 5.73 Å². The first kappa shape index (κ1) is 18.5. The fraction of sp³-hybridized carbons (Fsp3) is 0.286. The molecule has 0 bridgehead atoms. The number of rotatable bonds is 3. The largest absolute Gasteiger partial charge is 0.383 e. The van der Waals surface area contributed by atoms with Crippen molar-refractivity contribution in [3.8, 4) is 11.1 Å². The maximum atomic E-state index is 6.42. The third kappa shape index (κ3) is 3.17. The van der Waals surface area contributed by atoms with Crippen LogP contribution in [0.3, 0.4) is 0 Å². The van der Waals surface area contributed by atoms with Gasteiger partial charge in [0.25, 0.3) is 0 Å². The fourth-order valence-corrected chi connectivity index (χ4v) is 4.44. The van der Waals surface area contributed by atoms with Crippen molar-refractivity contribution in [2.75, 3.05) is 32.0 Å². The van der Waals surface area contributed by atoms with Crippen LogP contribution in [0.25, 0.3) is 27.7 Å². The first-order valence-electron chi connectivity index (χ1n) is 9.63. The second-order valence-electron chi connectivity index (χ2n) is 7.23. The SMILES string of the molecule is CC(c1nc2c(-c3cnc4ccccc4c3)cnn2c(N)c1Br)N1CCOCC1. The summed E-state index contributed by atoms with van der Waals surface area (Å²) in [6.07, 6.45) is 3.67. The second-order valence-corrected chi connectivity index (χ2v) is 8.02. The standard InChI is InChI=1S/C21H21BrN6O/c1-13(27-6-8-29-9-7-27)19-18(22)20(23)28-21(26-19)16(12-25-28)15-10-14-4-2-3-5-17(14)24-11-15/h2-5,10-13H,6-9,23H2,1H3. The van der Waals surface area contributed by atoms with E-state index in [1.807, 2.05) is 24.4 Å². The molecule has 4 aromatic rings. The third-order valence-electron chi connectivity index (χ3n) is 5.54. The van der Waals surface area contributed by atoms with Gasteiger partial charge in [-0.15, -0.1) is 0 Å². The smallest absolute Gasteiger partial charge is 0.165 e. The minimum Gasteiger partial charge on any atom is -0.383 e. The number of nitrogen functional groups attached to an aromatic ring is 1. The van der Waals surface area contributed by atoms with Gasteiger partial charge in [-0.25, -0.2) is 4.98 Å². The van der Waals surface area contributed by atoms with Gasteiger partial charge >= 0.3 is 0 Å². The maximum absolute atomic E-state index is 6.42. The predicted octanol–water partition coefficient (Wildman–Crippen LogP) is 3.68. The number of hydrogen-bond acceptors (Lipinski definition) is 6. The molecule has 5 rings (SSSR count). The van der Waals surface area contributed by atoms with Gasteiger partial charge in [-0.2, -0.15) is 9.61 Å². The van der Waals surface area contributed by atoms with Gasteiger partial charge in [-0.1, -0.05) is 18.2 Å². The van der Waals surface area contributed by atoms with Crippen LogP contribution in [0.4, 0.5) is 5.82 Å². The highest BCUT2D eigenvalue weighted by Crippen LogP contribution is 2.34. The molecule has 0 saturated carbocycles. The minimum absolute atomic E-state index is 0.109. The number of benzene rings is 1. The van der Waals surface area contributed by atoms with Crippen LogP contribution in [0.15, 0.2) is 47.2 Å². The van der Waals surface area contributed by atoms with Crippen LogP contribution >= 0.6 is 15.9 Å². The fourth-order valence-electron chi connectivity index (χ4n) is 3.85. The molecule has 1 aromatic carbocycles. The molecule has 4 heterocycles. The Morgan fingerprint density at radius 3 is 2.79 bits per heavy atom. The van der Waals surface area contributed by atoms with Crippen LogP contribution in [-0.4, -0.2) is 50.8 Å². The van der Waals surface area contributed by atoms with E-state index < -0.39 is 0 Å². The normalized spacial score (nSPS) is 16.5. The van der Waals surface area contributed by atoms with Gasteiger partial charge in [-0.05, 0) is 35.0 Å². The molecule has 7 nitrogen and oxygen atoms in total. The Hall–Kier alpha value is -2.55. The summed E-state index contributed by atoms with van der Waals surface area (Å²) in [5, 5.41) is 5.57. The van der Waals surface area contributed by atoms with Crippen LogP contribution in [0.5, 0.6) is 0 Å². The monoisotopic (exact) mass is 452 g/mol. The highest BCUT2D eigenvalue weighted by Gasteiger charge is 2.25. The van der Waals surface area contributed by atoms with Gasteiger partial charge in [0.15, 0.2) is 5.65 Å².